The van der Waals surface area contributed by atoms with Crippen LogP contribution < -0.4 is 15.5 Å². The molecule has 0 saturated carbocycles. The third-order valence-corrected chi connectivity index (χ3v) is 7.12. The van der Waals surface area contributed by atoms with Crippen LogP contribution in [0.15, 0.2) is 53.4 Å². The maximum Gasteiger partial charge on any atom is 0.255 e. The summed E-state index contributed by atoms with van der Waals surface area (Å²) in [5.41, 5.74) is 1.94. The van der Waals surface area contributed by atoms with Crippen molar-refractivity contribution in [1.82, 2.24) is 9.62 Å². The molecule has 0 aromatic heterocycles. The number of carbonyl (C=O) groups excluding carboxylic acids is 2. The number of piperazine rings is 1. The Labute approximate surface area is 181 Å². The molecular formula is C21H24N4O5S. The fourth-order valence-corrected chi connectivity index (χ4v) is 5.00. The number of rotatable bonds is 5. The van der Waals surface area contributed by atoms with Gasteiger partial charge in [-0.15, -0.1) is 0 Å². The molecule has 164 valence electrons. The van der Waals surface area contributed by atoms with Gasteiger partial charge in [-0.1, -0.05) is 12.1 Å². The van der Waals surface area contributed by atoms with Crippen molar-refractivity contribution >= 4 is 33.2 Å². The Morgan fingerprint density at radius 1 is 1.00 bits per heavy atom. The maximum absolute atomic E-state index is 12.8. The van der Waals surface area contributed by atoms with Gasteiger partial charge in [0.25, 0.3) is 5.91 Å². The topological polar surface area (TPSA) is 108 Å². The van der Waals surface area contributed by atoms with E-state index >= 15 is 0 Å². The minimum absolute atomic E-state index is 0.0486. The molecule has 2 aromatic rings. The first-order chi connectivity index (χ1) is 14.9. The number of hydrogen-bond acceptors (Lipinski definition) is 6. The normalized spacial score (nSPS) is 17.8. The summed E-state index contributed by atoms with van der Waals surface area (Å²) in [7, 11) is -3.80. The number of nitrogens with one attached hydrogen (secondary N) is 2. The average molecular weight is 445 g/mol. The summed E-state index contributed by atoms with van der Waals surface area (Å²) < 4.78 is 32.0. The molecule has 2 aromatic carbocycles. The highest BCUT2D eigenvalue weighted by molar-refractivity contribution is 7.89. The van der Waals surface area contributed by atoms with Gasteiger partial charge in [0.1, 0.15) is 0 Å². The first-order valence-electron chi connectivity index (χ1n) is 10.0. The molecule has 2 aliphatic rings. The Kier molecular flexibility index (Phi) is 6.21. The molecule has 31 heavy (non-hydrogen) atoms. The number of sulfonamides is 1. The minimum atomic E-state index is -3.80. The molecule has 9 nitrogen and oxygen atoms in total. The highest BCUT2D eigenvalue weighted by atomic mass is 32.2. The van der Waals surface area contributed by atoms with Gasteiger partial charge >= 0.3 is 0 Å². The predicted octanol–water partition coefficient (Wildman–Crippen LogP) is 0.896. The van der Waals surface area contributed by atoms with Crippen LogP contribution >= 0.6 is 0 Å². The molecule has 0 radical (unpaired) electrons. The van der Waals surface area contributed by atoms with Gasteiger partial charge in [0.2, 0.25) is 15.9 Å². The second kappa shape index (κ2) is 9.04. The molecule has 2 amide bonds. The summed E-state index contributed by atoms with van der Waals surface area (Å²) in [5, 5.41) is 5.52. The van der Waals surface area contributed by atoms with Crippen LogP contribution in [0.3, 0.4) is 0 Å². The van der Waals surface area contributed by atoms with Crippen LogP contribution in [-0.2, 0) is 19.6 Å². The van der Waals surface area contributed by atoms with Gasteiger partial charge in [-0.3, -0.25) is 9.59 Å². The zero-order valence-corrected chi connectivity index (χ0v) is 17.7. The van der Waals surface area contributed by atoms with Gasteiger partial charge < -0.3 is 20.3 Å². The van der Waals surface area contributed by atoms with Crippen molar-refractivity contribution in [3.8, 4) is 0 Å². The Hall–Kier alpha value is -2.95. The van der Waals surface area contributed by atoms with Crippen LogP contribution in [0.2, 0.25) is 0 Å². The zero-order valence-electron chi connectivity index (χ0n) is 16.9. The lowest BCUT2D eigenvalue weighted by molar-refractivity contribution is -0.122. The summed E-state index contributed by atoms with van der Waals surface area (Å²) in [5.74, 6) is -0.660. The summed E-state index contributed by atoms with van der Waals surface area (Å²) in [6.07, 6.45) is 0. The number of morpholine rings is 1. The number of amides is 2. The lowest BCUT2D eigenvalue weighted by Crippen LogP contribution is -2.49. The quantitative estimate of drug-likeness (QED) is 0.709. The summed E-state index contributed by atoms with van der Waals surface area (Å²) in [6.45, 7) is 3.05. The molecule has 0 spiro atoms. The Bertz CT molecular complexity index is 1070. The second-order valence-corrected chi connectivity index (χ2v) is 9.22. The van der Waals surface area contributed by atoms with E-state index in [0.717, 1.165) is 23.1 Å². The highest BCUT2D eigenvalue weighted by Crippen LogP contribution is 2.27. The molecule has 2 fully saturated rings. The SMILES string of the molecule is O=C1CN(S(=O)(=O)c2ccc(C(=O)Nc3ccccc3N3CCOCC3)cc2)CCN1. The maximum atomic E-state index is 12.8. The summed E-state index contributed by atoms with van der Waals surface area (Å²) in [4.78, 5) is 26.5. The van der Waals surface area contributed by atoms with Crippen LogP contribution in [0, 0.1) is 0 Å². The number of ether oxygens (including phenoxy) is 1. The van der Waals surface area contributed by atoms with Crippen molar-refractivity contribution in [2.45, 2.75) is 4.90 Å². The van der Waals surface area contributed by atoms with Crippen molar-refractivity contribution in [2.24, 2.45) is 0 Å². The highest BCUT2D eigenvalue weighted by Gasteiger charge is 2.29. The van der Waals surface area contributed by atoms with E-state index in [1.54, 1.807) is 0 Å². The predicted molar refractivity (Wildman–Crippen MR) is 116 cm³/mol. The van der Waals surface area contributed by atoms with Gasteiger partial charge in [-0.25, -0.2) is 8.42 Å². The van der Waals surface area contributed by atoms with E-state index < -0.39 is 10.0 Å². The van der Waals surface area contributed by atoms with Crippen LogP contribution in [0.4, 0.5) is 11.4 Å². The van der Waals surface area contributed by atoms with Crippen LogP contribution in [0.25, 0.3) is 0 Å². The third-order valence-electron chi connectivity index (χ3n) is 5.26. The molecule has 4 rings (SSSR count). The molecule has 0 atom stereocenters. The molecule has 0 unspecified atom stereocenters. The average Bonchev–Trinajstić information content (AvgIpc) is 2.80. The van der Waals surface area contributed by atoms with E-state index in [-0.39, 0.29) is 36.3 Å². The van der Waals surface area contributed by atoms with Gasteiger partial charge in [-0.2, -0.15) is 4.31 Å². The van der Waals surface area contributed by atoms with Crippen molar-refractivity contribution in [2.75, 3.05) is 56.2 Å². The number of anilines is 2. The largest absolute Gasteiger partial charge is 0.378 e. The molecule has 0 bridgehead atoms. The number of hydrogen-bond donors (Lipinski definition) is 2. The summed E-state index contributed by atoms with van der Waals surface area (Å²) >= 11 is 0. The molecule has 2 N–H and O–H groups in total. The van der Waals surface area contributed by atoms with Crippen molar-refractivity contribution in [3.05, 3.63) is 54.1 Å². The first kappa shape index (κ1) is 21.3. The Morgan fingerprint density at radius 3 is 2.42 bits per heavy atom. The van der Waals surface area contributed by atoms with Gasteiger partial charge in [0.15, 0.2) is 0 Å². The van der Waals surface area contributed by atoms with Gasteiger partial charge in [0, 0.05) is 31.7 Å². The number of para-hydroxylation sites is 2. The van der Waals surface area contributed by atoms with Crippen LogP contribution in [0.5, 0.6) is 0 Å². The van der Waals surface area contributed by atoms with E-state index in [1.807, 2.05) is 24.3 Å². The van der Waals surface area contributed by atoms with E-state index in [4.69, 9.17) is 4.74 Å². The van der Waals surface area contributed by atoms with Gasteiger partial charge in [0.05, 0.1) is 36.0 Å². The zero-order chi connectivity index (χ0) is 21.8. The molecule has 2 heterocycles. The third kappa shape index (κ3) is 4.71. The molecule has 10 heteroatoms. The standard InChI is InChI=1S/C21H24N4O5S/c26-20-15-25(10-9-22-20)31(28,29)17-7-5-16(6-8-17)21(27)23-18-3-1-2-4-19(18)24-11-13-30-14-12-24/h1-8H,9-15H2,(H,22,26)(H,23,27). The van der Waals surface area contributed by atoms with E-state index in [0.29, 0.717) is 24.5 Å². The van der Waals surface area contributed by atoms with E-state index in [1.165, 1.54) is 24.3 Å². The van der Waals surface area contributed by atoms with Gasteiger partial charge in [-0.05, 0) is 36.4 Å². The smallest absolute Gasteiger partial charge is 0.255 e. The lowest BCUT2D eigenvalue weighted by Gasteiger charge is -2.30. The van der Waals surface area contributed by atoms with Crippen molar-refractivity contribution < 1.29 is 22.7 Å². The van der Waals surface area contributed by atoms with Crippen LogP contribution in [-0.4, -0.2) is 70.5 Å². The molecular weight excluding hydrogens is 420 g/mol. The van der Waals surface area contributed by atoms with Crippen molar-refractivity contribution in [3.63, 3.8) is 0 Å². The fourth-order valence-electron chi connectivity index (χ4n) is 3.60. The van der Waals surface area contributed by atoms with E-state index in [9.17, 15) is 18.0 Å². The Morgan fingerprint density at radius 2 is 1.71 bits per heavy atom. The molecule has 2 saturated heterocycles. The number of carbonyl (C=O) groups is 2. The molecule has 0 aliphatic carbocycles. The van der Waals surface area contributed by atoms with Crippen LogP contribution in [0.1, 0.15) is 10.4 Å². The Balaban J connectivity index is 1.49. The molecule has 2 aliphatic heterocycles. The fraction of sp³-hybridized carbons (Fsp3) is 0.333. The second-order valence-electron chi connectivity index (χ2n) is 7.28. The first-order valence-corrected chi connectivity index (χ1v) is 11.5. The lowest BCUT2D eigenvalue weighted by atomic mass is 10.2. The van der Waals surface area contributed by atoms with E-state index in [2.05, 4.69) is 15.5 Å². The number of nitrogens with zero attached hydrogens (tertiary/aromatic N) is 2. The summed E-state index contributed by atoms with van der Waals surface area (Å²) in [6, 6.07) is 13.3. The monoisotopic (exact) mass is 444 g/mol. The minimum Gasteiger partial charge on any atom is -0.378 e. The number of benzene rings is 2. The van der Waals surface area contributed by atoms with Crippen molar-refractivity contribution in [1.29, 1.82) is 0 Å².